The molecule has 3 rings (SSSR count). The van der Waals surface area contributed by atoms with Crippen molar-refractivity contribution in [2.75, 3.05) is 6.26 Å². The maximum Gasteiger partial charge on any atom is 0.251 e. The summed E-state index contributed by atoms with van der Waals surface area (Å²) in [6.07, 6.45) is 4.79. The minimum absolute atomic E-state index is 0.196. The lowest BCUT2D eigenvalue weighted by atomic mass is 10.1. The van der Waals surface area contributed by atoms with Gasteiger partial charge in [0.15, 0.2) is 9.84 Å². The van der Waals surface area contributed by atoms with Crippen LogP contribution in [0.5, 0.6) is 0 Å². The highest BCUT2D eigenvalue weighted by atomic mass is 32.2. The predicted octanol–water partition coefficient (Wildman–Crippen LogP) is 2.26. The van der Waals surface area contributed by atoms with E-state index in [1.54, 1.807) is 6.20 Å². The first-order chi connectivity index (χ1) is 12.4. The topological polar surface area (TPSA) is 81.1 Å². The molecule has 26 heavy (non-hydrogen) atoms. The molecule has 0 bridgehead atoms. The first kappa shape index (κ1) is 17.9. The van der Waals surface area contributed by atoms with Gasteiger partial charge in [0.2, 0.25) is 0 Å². The first-order valence-electron chi connectivity index (χ1n) is 8.05. The van der Waals surface area contributed by atoms with Crippen LogP contribution in [0.2, 0.25) is 0 Å². The van der Waals surface area contributed by atoms with E-state index in [9.17, 15) is 13.2 Å². The highest BCUT2D eigenvalue weighted by Crippen LogP contribution is 2.11. The molecule has 1 aromatic heterocycles. The number of carbonyl (C=O) groups is 1. The molecule has 0 fully saturated rings. The van der Waals surface area contributed by atoms with E-state index in [1.165, 1.54) is 24.3 Å². The van der Waals surface area contributed by atoms with Crippen LogP contribution in [0.4, 0.5) is 0 Å². The zero-order chi connectivity index (χ0) is 18.6. The lowest BCUT2D eigenvalue weighted by Crippen LogP contribution is -2.22. The molecule has 2 aromatic carbocycles. The number of amides is 1. The predicted molar refractivity (Wildman–Crippen MR) is 98.5 cm³/mol. The molecule has 0 radical (unpaired) electrons. The molecule has 0 saturated heterocycles. The Morgan fingerprint density at radius 3 is 2.27 bits per heavy atom. The van der Waals surface area contributed by atoms with Crippen LogP contribution in [0.15, 0.2) is 71.9 Å². The summed E-state index contributed by atoms with van der Waals surface area (Å²) in [5, 5.41) is 7.00. The lowest BCUT2D eigenvalue weighted by molar-refractivity contribution is 0.0951. The molecule has 0 atom stereocenters. The van der Waals surface area contributed by atoms with Crippen LogP contribution in [-0.4, -0.2) is 30.4 Å². The number of hydrogen-bond donors (Lipinski definition) is 1. The summed E-state index contributed by atoms with van der Waals surface area (Å²) in [6, 6.07) is 15.7. The Morgan fingerprint density at radius 1 is 1.04 bits per heavy atom. The van der Waals surface area contributed by atoms with E-state index in [-0.39, 0.29) is 10.8 Å². The molecule has 6 nitrogen and oxygen atoms in total. The third-order valence-corrected chi connectivity index (χ3v) is 5.05. The smallest absolute Gasteiger partial charge is 0.251 e. The van der Waals surface area contributed by atoms with E-state index >= 15 is 0 Å². The van der Waals surface area contributed by atoms with Gasteiger partial charge in [0, 0.05) is 30.8 Å². The summed E-state index contributed by atoms with van der Waals surface area (Å²) in [5.41, 5.74) is 2.53. The molecule has 0 aliphatic rings. The van der Waals surface area contributed by atoms with Crippen molar-refractivity contribution < 1.29 is 13.2 Å². The zero-order valence-corrected chi connectivity index (χ0v) is 15.1. The van der Waals surface area contributed by atoms with E-state index in [4.69, 9.17) is 0 Å². The Kier molecular flexibility index (Phi) is 5.18. The highest BCUT2D eigenvalue weighted by molar-refractivity contribution is 7.90. The van der Waals surface area contributed by atoms with E-state index in [1.807, 2.05) is 41.2 Å². The van der Waals surface area contributed by atoms with E-state index < -0.39 is 9.84 Å². The van der Waals surface area contributed by atoms with Gasteiger partial charge in [0.1, 0.15) is 0 Å². The maximum absolute atomic E-state index is 12.2. The summed E-state index contributed by atoms with van der Waals surface area (Å²) >= 11 is 0. The summed E-state index contributed by atoms with van der Waals surface area (Å²) in [4.78, 5) is 12.4. The number of hydrogen-bond acceptors (Lipinski definition) is 4. The molecular formula is C19H19N3O3S. The van der Waals surface area contributed by atoms with Crippen LogP contribution >= 0.6 is 0 Å². The third-order valence-electron chi connectivity index (χ3n) is 3.92. The van der Waals surface area contributed by atoms with Crippen LogP contribution < -0.4 is 5.32 Å². The fourth-order valence-corrected chi connectivity index (χ4v) is 3.11. The maximum atomic E-state index is 12.2. The Morgan fingerprint density at radius 2 is 1.69 bits per heavy atom. The van der Waals surface area contributed by atoms with Crippen molar-refractivity contribution in [2.24, 2.45) is 0 Å². The molecule has 1 N–H and O–H groups in total. The quantitative estimate of drug-likeness (QED) is 0.723. The number of nitrogens with one attached hydrogen (secondary N) is 1. The van der Waals surface area contributed by atoms with Gasteiger partial charge in [-0.15, -0.1) is 0 Å². The SMILES string of the molecule is CS(=O)(=O)c1ccc(C(=O)NCc2ccc(Cn3cccn3)cc2)cc1. The molecule has 0 aliphatic heterocycles. The third kappa shape index (κ3) is 4.58. The number of nitrogens with zero attached hydrogens (tertiary/aromatic N) is 2. The standard InChI is InChI=1S/C19H19N3O3S/c1-26(24,25)18-9-7-17(8-10-18)19(23)20-13-15-3-5-16(6-4-15)14-22-12-2-11-21-22/h2-12H,13-14H2,1H3,(H,20,23). The van der Waals surface area contributed by atoms with Gasteiger partial charge in [-0.05, 0) is 41.5 Å². The largest absolute Gasteiger partial charge is 0.348 e. The van der Waals surface area contributed by atoms with Crippen molar-refractivity contribution in [1.82, 2.24) is 15.1 Å². The Hall–Kier alpha value is -2.93. The second-order valence-electron chi connectivity index (χ2n) is 6.00. The fraction of sp³-hybridized carbons (Fsp3) is 0.158. The highest BCUT2D eigenvalue weighted by Gasteiger charge is 2.09. The molecule has 134 valence electrons. The number of rotatable bonds is 6. The lowest BCUT2D eigenvalue weighted by Gasteiger charge is -2.07. The van der Waals surface area contributed by atoms with Crippen molar-refractivity contribution in [1.29, 1.82) is 0 Å². The fourth-order valence-electron chi connectivity index (χ4n) is 2.48. The Bertz CT molecular complexity index is 978. The van der Waals surface area contributed by atoms with Crippen molar-refractivity contribution in [2.45, 2.75) is 18.0 Å². The summed E-state index contributed by atoms with van der Waals surface area (Å²) in [7, 11) is -3.26. The van der Waals surface area contributed by atoms with Gasteiger partial charge in [-0.2, -0.15) is 5.10 Å². The van der Waals surface area contributed by atoms with Gasteiger partial charge in [-0.3, -0.25) is 9.48 Å². The summed E-state index contributed by atoms with van der Waals surface area (Å²) < 4.78 is 24.7. The van der Waals surface area contributed by atoms with Gasteiger partial charge in [-0.1, -0.05) is 24.3 Å². The second kappa shape index (κ2) is 7.53. The van der Waals surface area contributed by atoms with Crippen LogP contribution in [0.25, 0.3) is 0 Å². The Balaban J connectivity index is 1.57. The number of benzene rings is 2. The molecule has 7 heteroatoms. The van der Waals surface area contributed by atoms with Gasteiger partial charge in [0.25, 0.3) is 5.91 Å². The summed E-state index contributed by atoms with van der Waals surface area (Å²) in [5.74, 6) is -0.245. The zero-order valence-electron chi connectivity index (χ0n) is 14.3. The first-order valence-corrected chi connectivity index (χ1v) is 9.94. The van der Waals surface area contributed by atoms with Crippen molar-refractivity contribution in [3.8, 4) is 0 Å². The van der Waals surface area contributed by atoms with Crippen LogP contribution in [0, 0.1) is 0 Å². The minimum Gasteiger partial charge on any atom is -0.348 e. The molecule has 0 unspecified atom stereocenters. The molecular weight excluding hydrogens is 350 g/mol. The van der Waals surface area contributed by atoms with E-state index in [0.717, 1.165) is 17.4 Å². The van der Waals surface area contributed by atoms with E-state index in [0.29, 0.717) is 18.7 Å². The molecule has 0 aliphatic carbocycles. The van der Waals surface area contributed by atoms with Gasteiger partial charge in [-0.25, -0.2) is 8.42 Å². The number of aromatic nitrogens is 2. The van der Waals surface area contributed by atoms with Crippen molar-refractivity contribution in [3.05, 3.63) is 83.7 Å². The number of sulfone groups is 1. The molecule has 0 spiro atoms. The average Bonchev–Trinajstić information content (AvgIpc) is 3.13. The van der Waals surface area contributed by atoms with E-state index in [2.05, 4.69) is 10.4 Å². The second-order valence-corrected chi connectivity index (χ2v) is 8.02. The Labute approximate surface area is 152 Å². The monoisotopic (exact) mass is 369 g/mol. The van der Waals surface area contributed by atoms with Gasteiger partial charge >= 0.3 is 0 Å². The van der Waals surface area contributed by atoms with Gasteiger partial charge in [0.05, 0.1) is 11.4 Å². The number of carbonyl (C=O) groups excluding carboxylic acids is 1. The van der Waals surface area contributed by atoms with Crippen molar-refractivity contribution >= 4 is 15.7 Å². The molecule has 1 heterocycles. The van der Waals surface area contributed by atoms with Crippen LogP contribution in [0.1, 0.15) is 21.5 Å². The molecule has 1 amide bonds. The normalized spacial score (nSPS) is 11.3. The molecule has 3 aromatic rings. The minimum atomic E-state index is -3.26. The average molecular weight is 369 g/mol. The van der Waals surface area contributed by atoms with Crippen LogP contribution in [0.3, 0.4) is 0 Å². The van der Waals surface area contributed by atoms with Gasteiger partial charge < -0.3 is 5.32 Å². The van der Waals surface area contributed by atoms with Crippen LogP contribution in [-0.2, 0) is 22.9 Å². The molecule has 0 saturated carbocycles. The van der Waals surface area contributed by atoms with Crippen molar-refractivity contribution in [3.63, 3.8) is 0 Å². The summed E-state index contributed by atoms with van der Waals surface area (Å²) in [6.45, 7) is 1.10.